The van der Waals surface area contributed by atoms with E-state index in [0.29, 0.717) is 0 Å². The van der Waals surface area contributed by atoms with E-state index in [1.54, 1.807) is 7.05 Å². The lowest BCUT2D eigenvalue weighted by Crippen LogP contribution is -2.12. The van der Waals surface area contributed by atoms with Gasteiger partial charge in [0.1, 0.15) is 0 Å². The Morgan fingerprint density at radius 1 is 1.33 bits per heavy atom. The smallest absolute Gasteiger partial charge is 0.0967 e. The molecule has 0 heterocycles. The summed E-state index contributed by atoms with van der Waals surface area (Å²) in [6.45, 7) is 6.01. The molecule has 0 aliphatic rings. The van der Waals surface area contributed by atoms with Crippen molar-refractivity contribution in [2.75, 3.05) is 7.05 Å². The Balaban J connectivity index is 3.64. The van der Waals surface area contributed by atoms with Gasteiger partial charge in [0.05, 0.1) is 5.84 Å². The minimum Gasteiger partial charge on any atom is -0.351 e. The molecule has 0 amide bonds. The molecule has 0 aromatic rings. The molecule has 0 rings (SSSR count). The van der Waals surface area contributed by atoms with Crippen molar-refractivity contribution < 1.29 is 0 Å². The Morgan fingerprint density at radius 3 is 2.22 bits per heavy atom. The zero-order valence-corrected chi connectivity index (χ0v) is 6.52. The number of nitrogens with one attached hydrogen (secondary N) is 1. The van der Waals surface area contributed by atoms with Crippen LogP contribution < -0.4 is 5.32 Å². The van der Waals surface area contributed by atoms with Crippen molar-refractivity contribution >= 4 is 5.84 Å². The molecule has 0 spiro atoms. The predicted octanol–water partition coefficient (Wildman–Crippen LogP) is 1.55. The summed E-state index contributed by atoms with van der Waals surface area (Å²) in [5.74, 6) is 0.941. The van der Waals surface area contributed by atoms with E-state index in [-0.39, 0.29) is 0 Å². The second-order valence-electron chi connectivity index (χ2n) is 2.18. The van der Waals surface area contributed by atoms with Crippen molar-refractivity contribution in [2.24, 2.45) is 4.99 Å². The van der Waals surface area contributed by atoms with Crippen LogP contribution in [0.5, 0.6) is 0 Å². The van der Waals surface area contributed by atoms with Crippen LogP contribution in [0.4, 0.5) is 0 Å². The average molecular weight is 126 g/mol. The zero-order valence-electron chi connectivity index (χ0n) is 6.52. The van der Waals surface area contributed by atoms with Crippen molar-refractivity contribution in [1.82, 2.24) is 5.32 Å². The molecule has 9 heavy (non-hydrogen) atoms. The molecule has 2 heteroatoms. The lowest BCUT2D eigenvalue weighted by Gasteiger charge is -1.96. The van der Waals surface area contributed by atoms with Crippen molar-refractivity contribution in [2.45, 2.75) is 20.8 Å². The summed E-state index contributed by atoms with van der Waals surface area (Å²) in [4.78, 5) is 3.92. The van der Waals surface area contributed by atoms with Gasteiger partial charge < -0.3 is 5.32 Å². The number of hydrogen-bond acceptors (Lipinski definition) is 1. The van der Waals surface area contributed by atoms with Gasteiger partial charge in [0, 0.05) is 13.2 Å². The van der Waals surface area contributed by atoms with Gasteiger partial charge in [-0.15, -0.1) is 0 Å². The van der Waals surface area contributed by atoms with Gasteiger partial charge in [-0.1, -0.05) is 5.57 Å². The van der Waals surface area contributed by atoms with Crippen molar-refractivity contribution in [3.8, 4) is 0 Å². The van der Waals surface area contributed by atoms with Crippen LogP contribution in [0.3, 0.4) is 0 Å². The first kappa shape index (κ1) is 8.21. The molecule has 0 radical (unpaired) electrons. The van der Waals surface area contributed by atoms with E-state index in [1.165, 1.54) is 5.57 Å². The summed E-state index contributed by atoms with van der Waals surface area (Å²) in [5.41, 5.74) is 1.25. The number of amidine groups is 1. The largest absolute Gasteiger partial charge is 0.351 e. The third-order valence-electron chi connectivity index (χ3n) is 0.905. The minimum atomic E-state index is 0.941. The third-order valence-corrected chi connectivity index (χ3v) is 0.905. The Morgan fingerprint density at radius 2 is 1.89 bits per heavy atom. The molecule has 0 unspecified atom stereocenters. The van der Waals surface area contributed by atoms with Crippen LogP contribution in [0.1, 0.15) is 20.8 Å². The molecular weight excluding hydrogens is 112 g/mol. The number of allylic oxidation sites excluding steroid dienone is 1. The minimum absolute atomic E-state index is 0.941. The third kappa shape index (κ3) is 5.07. The fraction of sp³-hybridized carbons (Fsp3) is 0.571. The van der Waals surface area contributed by atoms with E-state index in [0.717, 1.165) is 5.84 Å². The van der Waals surface area contributed by atoms with E-state index < -0.39 is 0 Å². The molecule has 0 saturated heterocycles. The number of rotatable bonds is 1. The summed E-state index contributed by atoms with van der Waals surface area (Å²) in [6.07, 6.45) is 1.93. The molecule has 1 N–H and O–H groups in total. The van der Waals surface area contributed by atoms with Crippen LogP contribution in [-0.4, -0.2) is 12.9 Å². The van der Waals surface area contributed by atoms with E-state index in [9.17, 15) is 0 Å². The van der Waals surface area contributed by atoms with Crippen LogP contribution in [0.2, 0.25) is 0 Å². The van der Waals surface area contributed by atoms with Crippen LogP contribution in [0.25, 0.3) is 0 Å². The summed E-state index contributed by atoms with van der Waals surface area (Å²) in [6, 6.07) is 0. The highest BCUT2D eigenvalue weighted by atomic mass is 14.9. The Kier molecular flexibility index (Phi) is 3.76. The van der Waals surface area contributed by atoms with Gasteiger partial charge in [-0.05, 0) is 20.8 Å². The van der Waals surface area contributed by atoms with Gasteiger partial charge in [-0.3, -0.25) is 4.99 Å². The SMILES string of the molecule is CN=C(C)NC=C(C)C. The fourth-order valence-electron chi connectivity index (χ4n) is 0.313. The van der Waals surface area contributed by atoms with Crippen molar-refractivity contribution in [3.05, 3.63) is 11.8 Å². The summed E-state index contributed by atoms with van der Waals surface area (Å²) >= 11 is 0. The van der Waals surface area contributed by atoms with Gasteiger partial charge in [0.25, 0.3) is 0 Å². The summed E-state index contributed by atoms with van der Waals surface area (Å²) in [5, 5.41) is 3.02. The lowest BCUT2D eigenvalue weighted by molar-refractivity contribution is 1.17. The van der Waals surface area contributed by atoms with E-state index >= 15 is 0 Å². The molecule has 0 aliphatic heterocycles. The second kappa shape index (κ2) is 4.13. The van der Waals surface area contributed by atoms with E-state index in [2.05, 4.69) is 10.3 Å². The van der Waals surface area contributed by atoms with Crippen LogP contribution in [0.15, 0.2) is 16.8 Å². The summed E-state index contributed by atoms with van der Waals surface area (Å²) in [7, 11) is 1.77. The molecule has 2 nitrogen and oxygen atoms in total. The van der Waals surface area contributed by atoms with E-state index in [4.69, 9.17) is 0 Å². The predicted molar refractivity (Wildman–Crippen MR) is 41.6 cm³/mol. The van der Waals surface area contributed by atoms with Crippen LogP contribution in [0, 0.1) is 0 Å². The highest BCUT2D eigenvalue weighted by molar-refractivity contribution is 5.80. The first-order valence-corrected chi connectivity index (χ1v) is 3.00. The molecule has 52 valence electrons. The van der Waals surface area contributed by atoms with Gasteiger partial charge in [-0.2, -0.15) is 0 Å². The van der Waals surface area contributed by atoms with E-state index in [1.807, 2.05) is 27.0 Å². The maximum atomic E-state index is 3.92. The molecule has 0 bridgehead atoms. The molecule has 0 fully saturated rings. The highest BCUT2D eigenvalue weighted by Gasteiger charge is 1.79. The standard InChI is InChI=1S/C7H14N2/c1-6(2)5-9-7(3)8-4/h5H,1-4H3,(H,8,9). The van der Waals surface area contributed by atoms with Gasteiger partial charge in [0.15, 0.2) is 0 Å². The molecule has 0 aromatic carbocycles. The Labute approximate surface area is 56.7 Å². The normalized spacial score (nSPS) is 10.9. The average Bonchev–Trinajstić information content (AvgIpc) is 1.83. The fourth-order valence-corrected chi connectivity index (χ4v) is 0.313. The molecular formula is C7H14N2. The van der Waals surface area contributed by atoms with Gasteiger partial charge in [-0.25, -0.2) is 0 Å². The topological polar surface area (TPSA) is 24.4 Å². The first-order valence-electron chi connectivity index (χ1n) is 3.00. The Bertz CT molecular complexity index is 130. The monoisotopic (exact) mass is 126 g/mol. The molecule has 0 aliphatic carbocycles. The maximum absolute atomic E-state index is 3.92. The van der Waals surface area contributed by atoms with Gasteiger partial charge in [0.2, 0.25) is 0 Å². The quantitative estimate of drug-likeness (QED) is 0.418. The Hall–Kier alpha value is -0.790. The maximum Gasteiger partial charge on any atom is 0.0967 e. The molecule has 0 saturated carbocycles. The summed E-state index contributed by atoms with van der Waals surface area (Å²) < 4.78 is 0. The lowest BCUT2D eigenvalue weighted by atomic mass is 10.4. The second-order valence-corrected chi connectivity index (χ2v) is 2.18. The van der Waals surface area contributed by atoms with Crippen LogP contribution >= 0.6 is 0 Å². The highest BCUT2D eigenvalue weighted by Crippen LogP contribution is 1.83. The number of aliphatic imine (C=N–C) groups is 1. The molecule has 0 atom stereocenters. The van der Waals surface area contributed by atoms with Crippen LogP contribution in [-0.2, 0) is 0 Å². The zero-order chi connectivity index (χ0) is 7.28. The number of nitrogens with zero attached hydrogens (tertiary/aromatic N) is 1. The van der Waals surface area contributed by atoms with Gasteiger partial charge >= 0.3 is 0 Å². The van der Waals surface area contributed by atoms with Crippen molar-refractivity contribution in [1.29, 1.82) is 0 Å². The first-order chi connectivity index (χ1) is 4.16. The van der Waals surface area contributed by atoms with Crippen molar-refractivity contribution in [3.63, 3.8) is 0 Å². The number of hydrogen-bond donors (Lipinski definition) is 1. The molecule has 0 aromatic heterocycles.